The van der Waals surface area contributed by atoms with Crippen molar-refractivity contribution in [3.8, 4) is 0 Å². The molecule has 6 atom stereocenters. The maximum Gasteiger partial charge on any atom is 0.213 e. The molecular formula is C22H30N2O4. The minimum atomic E-state index is -0.583. The topological polar surface area (TPSA) is 64.8 Å². The molecule has 0 N–H and O–H groups in total. The van der Waals surface area contributed by atoms with E-state index in [1.165, 1.54) is 18.5 Å². The van der Waals surface area contributed by atoms with Gasteiger partial charge in [0.15, 0.2) is 5.79 Å². The van der Waals surface area contributed by atoms with Crippen molar-refractivity contribution in [2.45, 2.75) is 56.4 Å². The molecule has 0 amide bonds. The van der Waals surface area contributed by atoms with Gasteiger partial charge in [-0.15, -0.1) is 0 Å². The van der Waals surface area contributed by atoms with Crippen molar-refractivity contribution in [2.75, 3.05) is 25.2 Å². The van der Waals surface area contributed by atoms with Crippen LogP contribution < -0.4 is 4.90 Å². The summed E-state index contributed by atoms with van der Waals surface area (Å²) < 4.78 is 12.7. The number of anilines is 1. The summed E-state index contributed by atoms with van der Waals surface area (Å²) in [6.45, 7) is 1.24. The minimum Gasteiger partial charge on any atom is -0.372 e. The Bertz CT molecular complexity index is 721. The van der Waals surface area contributed by atoms with Crippen LogP contribution in [-0.2, 0) is 9.47 Å². The summed E-state index contributed by atoms with van der Waals surface area (Å²) in [5, 5.41) is 11.5. The molecule has 0 aromatic heterocycles. The zero-order valence-corrected chi connectivity index (χ0v) is 16.5. The van der Waals surface area contributed by atoms with Crippen molar-refractivity contribution in [3.05, 3.63) is 40.4 Å². The van der Waals surface area contributed by atoms with Gasteiger partial charge in [0.2, 0.25) is 6.04 Å². The molecule has 0 bridgehead atoms. The SMILES string of the molecule is CN(c1ccccc1)C1CCC2C3CCC([N+](=O)[O-])CC3C3(OCCO3)C2C1. The minimum absolute atomic E-state index is 0.0766. The van der Waals surface area contributed by atoms with Crippen LogP contribution >= 0.6 is 0 Å². The molecule has 152 valence electrons. The third-order valence-electron chi connectivity index (χ3n) is 8.08. The maximum atomic E-state index is 11.5. The van der Waals surface area contributed by atoms with E-state index in [2.05, 4.69) is 42.3 Å². The first kappa shape index (κ1) is 18.4. The van der Waals surface area contributed by atoms with Crippen LogP contribution in [0.2, 0.25) is 0 Å². The molecule has 6 nitrogen and oxygen atoms in total. The fraction of sp³-hybridized carbons (Fsp3) is 0.727. The Morgan fingerprint density at radius 2 is 1.64 bits per heavy atom. The Kier molecular flexibility index (Phi) is 4.59. The van der Waals surface area contributed by atoms with Crippen LogP contribution in [0.3, 0.4) is 0 Å². The second-order valence-corrected chi connectivity index (χ2v) is 9.12. The molecule has 4 aliphatic rings. The number of fused-ring (bicyclic) bond motifs is 5. The highest BCUT2D eigenvalue weighted by atomic mass is 16.7. The van der Waals surface area contributed by atoms with E-state index in [0.29, 0.717) is 49.9 Å². The van der Waals surface area contributed by atoms with Gasteiger partial charge in [0.05, 0.1) is 13.2 Å². The van der Waals surface area contributed by atoms with Gasteiger partial charge in [-0.05, 0) is 49.7 Å². The van der Waals surface area contributed by atoms with Gasteiger partial charge in [0, 0.05) is 48.4 Å². The molecule has 1 heterocycles. The van der Waals surface area contributed by atoms with Crippen molar-refractivity contribution in [3.63, 3.8) is 0 Å². The van der Waals surface area contributed by atoms with Crippen LogP contribution in [0.25, 0.3) is 0 Å². The monoisotopic (exact) mass is 386 g/mol. The van der Waals surface area contributed by atoms with Crippen molar-refractivity contribution in [2.24, 2.45) is 23.7 Å². The Morgan fingerprint density at radius 3 is 2.32 bits per heavy atom. The molecular weight excluding hydrogens is 356 g/mol. The largest absolute Gasteiger partial charge is 0.372 e. The number of para-hydroxylation sites is 1. The first-order valence-corrected chi connectivity index (χ1v) is 10.8. The fourth-order valence-electron chi connectivity index (χ4n) is 6.86. The van der Waals surface area contributed by atoms with Crippen LogP contribution in [0.5, 0.6) is 0 Å². The number of hydrogen-bond donors (Lipinski definition) is 0. The highest BCUT2D eigenvalue weighted by Gasteiger charge is 2.66. The molecule has 5 rings (SSSR count). The van der Waals surface area contributed by atoms with Crippen LogP contribution in [0.15, 0.2) is 30.3 Å². The van der Waals surface area contributed by atoms with Crippen LogP contribution in [-0.4, -0.2) is 43.1 Å². The highest BCUT2D eigenvalue weighted by Crippen LogP contribution is 2.62. The Hall–Kier alpha value is -1.66. The average Bonchev–Trinajstić information content (AvgIpc) is 3.33. The van der Waals surface area contributed by atoms with Crippen molar-refractivity contribution in [1.29, 1.82) is 0 Å². The van der Waals surface area contributed by atoms with Gasteiger partial charge in [0.25, 0.3) is 0 Å². The van der Waals surface area contributed by atoms with Crippen molar-refractivity contribution >= 4 is 5.69 Å². The number of hydrogen-bond acceptors (Lipinski definition) is 5. The van der Waals surface area contributed by atoms with E-state index in [0.717, 1.165) is 12.8 Å². The normalized spacial score (nSPS) is 38.8. The number of nitrogens with zero attached hydrogens (tertiary/aromatic N) is 2. The van der Waals surface area contributed by atoms with Gasteiger partial charge in [-0.1, -0.05) is 18.2 Å². The quantitative estimate of drug-likeness (QED) is 0.585. The predicted octanol–water partition coefficient (Wildman–Crippen LogP) is 3.73. The zero-order chi connectivity index (χ0) is 19.3. The van der Waals surface area contributed by atoms with Crippen LogP contribution in [0.1, 0.15) is 38.5 Å². The third-order valence-corrected chi connectivity index (χ3v) is 8.08. The lowest BCUT2D eigenvalue weighted by Crippen LogP contribution is -2.49. The van der Waals surface area contributed by atoms with Gasteiger partial charge in [-0.2, -0.15) is 0 Å². The van der Waals surface area contributed by atoms with E-state index in [1.54, 1.807) is 0 Å². The first-order chi connectivity index (χ1) is 13.6. The molecule has 1 aliphatic heterocycles. The number of nitro groups is 1. The zero-order valence-electron chi connectivity index (χ0n) is 16.5. The van der Waals surface area contributed by atoms with Gasteiger partial charge in [-0.25, -0.2) is 0 Å². The molecule has 1 aromatic rings. The summed E-state index contributed by atoms with van der Waals surface area (Å²) in [6.07, 6.45) is 5.66. The van der Waals surface area contributed by atoms with Crippen LogP contribution in [0.4, 0.5) is 5.69 Å². The van der Waals surface area contributed by atoms with Crippen molar-refractivity contribution < 1.29 is 14.4 Å². The summed E-state index contributed by atoms with van der Waals surface area (Å²) in [7, 11) is 2.19. The van der Waals surface area contributed by atoms with E-state index in [-0.39, 0.29) is 10.8 Å². The standard InChI is InChI=1S/C22H30N2O4/c1-23(15-5-3-2-4-6-15)16-7-9-18-19-10-8-17(24(25)26)14-21(19)22(20(18)13-16)27-11-12-28-22/h2-6,16-21H,7-14H2,1H3. The molecule has 6 heteroatoms. The molecule has 3 saturated carbocycles. The predicted molar refractivity (Wildman–Crippen MR) is 106 cm³/mol. The second kappa shape index (κ2) is 6.99. The van der Waals surface area contributed by atoms with E-state index < -0.39 is 11.8 Å². The molecule has 1 saturated heterocycles. The number of rotatable bonds is 3. The summed E-state index contributed by atoms with van der Waals surface area (Å²) in [4.78, 5) is 13.8. The summed E-state index contributed by atoms with van der Waals surface area (Å²) in [5.74, 6) is 1.04. The fourth-order valence-corrected chi connectivity index (χ4v) is 6.86. The molecule has 1 spiro atoms. The Morgan fingerprint density at radius 1 is 1.00 bits per heavy atom. The van der Waals surface area contributed by atoms with Crippen LogP contribution in [0, 0.1) is 33.8 Å². The van der Waals surface area contributed by atoms with Crippen molar-refractivity contribution in [1.82, 2.24) is 0 Å². The average molecular weight is 386 g/mol. The lowest BCUT2D eigenvalue weighted by molar-refractivity contribution is -0.530. The van der Waals surface area contributed by atoms with Gasteiger partial charge >= 0.3 is 0 Å². The van der Waals surface area contributed by atoms with E-state index in [1.807, 2.05) is 0 Å². The Balaban J connectivity index is 1.41. The molecule has 1 aromatic carbocycles. The summed E-state index contributed by atoms with van der Waals surface area (Å²) in [6, 6.07) is 10.6. The van der Waals surface area contributed by atoms with E-state index in [4.69, 9.17) is 9.47 Å². The van der Waals surface area contributed by atoms with Gasteiger partial charge < -0.3 is 14.4 Å². The third kappa shape index (κ3) is 2.76. The lowest BCUT2D eigenvalue weighted by atomic mass is 9.71. The summed E-state index contributed by atoms with van der Waals surface area (Å²) in [5.41, 5.74) is 1.25. The highest BCUT2D eigenvalue weighted by molar-refractivity contribution is 5.46. The van der Waals surface area contributed by atoms with Gasteiger partial charge in [0.1, 0.15) is 0 Å². The number of ether oxygens (including phenoxy) is 2. The smallest absolute Gasteiger partial charge is 0.213 e. The Labute approximate surface area is 166 Å². The lowest BCUT2D eigenvalue weighted by Gasteiger charge is -2.43. The maximum absolute atomic E-state index is 11.5. The first-order valence-electron chi connectivity index (χ1n) is 10.8. The molecule has 28 heavy (non-hydrogen) atoms. The second-order valence-electron chi connectivity index (χ2n) is 9.12. The summed E-state index contributed by atoms with van der Waals surface area (Å²) >= 11 is 0. The van der Waals surface area contributed by atoms with E-state index in [9.17, 15) is 10.1 Å². The number of benzene rings is 1. The molecule has 4 fully saturated rings. The van der Waals surface area contributed by atoms with Gasteiger partial charge in [-0.3, -0.25) is 10.1 Å². The van der Waals surface area contributed by atoms with E-state index >= 15 is 0 Å². The molecule has 6 unspecified atom stereocenters. The molecule has 0 radical (unpaired) electrons. The molecule has 3 aliphatic carbocycles.